The molecular weight excluding hydrogens is 216 g/mol. The van der Waals surface area contributed by atoms with E-state index in [9.17, 15) is 0 Å². The second-order valence-corrected chi connectivity index (χ2v) is 3.58. The lowest BCUT2D eigenvalue weighted by Crippen LogP contribution is -1.98. The number of hydrogen-bond acceptors (Lipinski definition) is 5. The first-order valence-corrected chi connectivity index (χ1v) is 5.24. The normalized spacial score (nSPS) is 10.6. The zero-order valence-electron chi connectivity index (χ0n) is 9.00. The van der Waals surface area contributed by atoms with Crippen molar-refractivity contribution >= 4 is 16.7 Å². The molecule has 5 nitrogen and oxygen atoms in total. The molecule has 0 atom stereocenters. The van der Waals surface area contributed by atoms with Crippen molar-refractivity contribution in [2.75, 3.05) is 5.32 Å². The largest absolute Gasteiger partial charge is 0.447 e. The van der Waals surface area contributed by atoms with Crippen LogP contribution in [0.4, 0.5) is 5.69 Å². The van der Waals surface area contributed by atoms with Crippen LogP contribution in [0.3, 0.4) is 0 Å². The maximum absolute atomic E-state index is 5.14. The van der Waals surface area contributed by atoms with Crippen LogP contribution in [0.2, 0.25) is 0 Å². The second-order valence-electron chi connectivity index (χ2n) is 3.58. The van der Waals surface area contributed by atoms with Gasteiger partial charge < -0.3 is 9.73 Å². The highest BCUT2D eigenvalue weighted by atomic mass is 16.3. The van der Waals surface area contributed by atoms with Crippen LogP contribution in [0, 0.1) is 0 Å². The van der Waals surface area contributed by atoms with Crippen LogP contribution in [-0.2, 0) is 6.54 Å². The van der Waals surface area contributed by atoms with E-state index in [4.69, 9.17) is 4.42 Å². The van der Waals surface area contributed by atoms with Crippen molar-refractivity contribution in [1.82, 2.24) is 15.0 Å². The van der Waals surface area contributed by atoms with Crippen LogP contribution in [-0.4, -0.2) is 15.0 Å². The molecule has 0 aliphatic carbocycles. The third-order valence-electron chi connectivity index (χ3n) is 2.42. The molecule has 3 aromatic rings. The Kier molecular flexibility index (Phi) is 2.42. The summed E-state index contributed by atoms with van der Waals surface area (Å²) in [4.78, 5) is 12.3. The van der Waals surface area contributed by atoms with Gasteiger partial charge in [0.1, 0.15) is 5.76 Å². The van der Waals surface area contributed by atoms with Crippen molar-refractivity contribution in [3.63, 3.8) is 0 Å². The van der Waals surface area contributed by atoms with Gasteiger partial charge in [0, 0.05) is 18.1 Å². The average molecular weight is 226 g/mol. The SMILES string of the molecule is c1cnc2cc(NCc3cnco3)ccc2n1. The second kappa shape index (κ2) is 4.21. The van der Waals surface area contributed by atoms with Crippen LogP contribution < -0.4 is 5.32 Å². The fourth-order valence-corrected chi connectivity index (χ4v) is 1.59. The van der Waals surface area contributed by atoms with Crippen LogP contribution in [0.5, 0.6) is 0 Å². The monoisotopic (exact) mass is 226 g/mol. The number of rotatable bonds is 3. The number of benzene rings is 1. The first kappa shape index (κ1) is 9.77. The minimum atomic E-state index is 0.603. The van der Waals surface area contributed by atoms with Crippen LogP contribution in [0.15, 0.2) is 47.6 Å². The highest BCUT2D eigenvalue weighted by Gasteiger charge is 1.99. The Hall–Kier alpha value is -2.43. The highest BCUT2D eigenvalue weighted by molar-refractivity contribution is 5.78. The molecule has 0 fully saturated rings. The molecule has 0 aliphatic heterocycles. The van der Waals surface area contributed by atoms with Crippen molar-refractivity contribution in [3.05, 3.63) is 48.9 Å². The minimum absolute atomic E-state index is 0.603. The van der Waals surface area contributed by atoms with Gasteiger partial charge in [0.15, 0.2) is 6.39 Å². The average Bonchev–Trinajstić information content (AvgIpc) is 2.89. The zero-order chi connectivity index (χ0) is 11.5. The van der Waals surface area contributed by atoms with Crippen molar-refractivity contribution in [3.8, 4) is 0 Å². The van der Waals surface area contributed by atoms with Gasteiger partial charge in [-0.1, -0.05) is 0 Å². The number of nitrogens with zero attached hydrogens (tertiary/aromatic N) is 3. The first-order chi connectivity index (χ1) is 8.42. The minimum Gasteiger partial charge on any atom is -0.447 e. The molecule has 84 valence electrons. The van der Waals surface area contributed by atoms with Crippen LogP contribution in [0.25, 0.3) is 11.0 Å². The van der Waals surface area contributed by atoms with E-state index in [1.807, 2.05) is 18.2 Å². The maximum atomic E-state index is 5.14. The molecule has 17 heavy (non-hydrogen) atoms. The van der Waals surface area contributed by atoms with Crippen molar-refractivity contribution in [1.29, 1.82) is 0 Å². The highest BCUT2D eigenvalue weighted by Crippen LogP contribution is 2.15. The van der Waals surface area contributed by atoms with Gasteiger partial charge in [0.25, 0.3) is 0 Å². The number of oxazole rings is 1. The Bertz CT molecular complexity index is 621. The zero-order valence-corrected chi connectivity index (χ0v) is 9.00. The lowest BCUT2D eigenvalue weighted by atomic mass is 10.2. The van der Waals surface area contributed by atoms with E-state index in [0.29, 0.717) is 6.54 Å². The predicted molar refractivity (Wildman–Crippen MR) is 63.4 cm³/mol. The standard InChI is InChI=1S/C12H10N4O/c1-2-11-12(15-4-3-14-11)5-9(1)16-7-10-6-13-8-17-10/h1-6,8,16H,7H2. The topological polar surface area (TPSA) is 63.8 Å². The molecule has 0 unspecified atom stereocenters. The third kappa shape index (κ3) is 2.08. The molecule has 5 heteroatoms. The van der Waals surface area contributed by atoms with Gasteiger partial charge in [-0.3, -0.25) is 9.97 Å². The number of fused-ring (bicyclic) bond motifs is 1. The summed E-state index contributed by atoms with van der Waals surface area (Å²) in [6, 6.07) is 5.86. The van der Waals surface area contributed by atoms with E-state index in [-0.39, 0.29) is 0 Å². The Morgan fingerprint density at radius 3 is 2.82 bits per heavy atom. The quantitative estimate of drug-likeness (QED) is 0.741. The molecule has 0 saturated heterocycles. The van der Waals surface area contributed by atoms with Crippen LogP contribution >= 0.6 is 0 Å². The summed E-state index contributed by atoms with van der Waals surface area (Å²) < 4.78 is 5.14. The molecule has 0 amide bonds. The number of hydrogen-bond donors (Lipinski definition) is 1. The van der Waals surface area contributed by atoms with Gasteiger partial charge in [0.2, 0.25) is 0 Å². The van der Waals surface area contributed by atoms with E-state index >= 15 is 0 Å². The van der Waals surface area contributed by atoms with Crippen molar-refractivity contribution in [2.45, 2.75) is 6.54 Å². The van der Waals surface area contributed by atoms with Gasteiger partial charge in [0.05, 0.1) is 23.8 Å². The molecule has 2 heterocycles. The third-order valence-corrected chi connectivity index (χ3v) is 2.42. The van der Waals surface area contributed by atoms with Gasteiger partial charge in [-0.2, -0.15) is 0 Å². The summed E-state index contributed by atoms with van der Waals surface area (Å²) in [5.41, 5.74) is 2.74. The summed E-state index contributed by atoms with van der Waals surface area (Å²) in [5, 5.41) is 3.24. The molecule has 0 saturated carbocycles. The Morgan fingerprint density at radius 2 is 2.00 bits per heavy atom. The van der Waals surface area contributed by atoms with E-state index < -0.39 is 0 Å². The Morgan fingerprint density at radius 1 is 1.12 bits per heavy atom. The van der Waals surface area contributed by atoms with Gasteiger partial charge in [-0.25, -0.2) is 4.98 Å². The molecule has 0 bridgehead atoms. The predicted octanol–water partition coefficient (Wildman–Crippen LogP) is 2.23. The molecule has 0 radical (unpaired) electrons. The molecular formula is C12H10N4O. The van der Waals surface area contributed by atoms with Crippen molar-refractivity contribution < 1.29 is 4.42 Å². The smallest absolute Gasteiger partial charge is 0.180 e. The number of aromatic nitrogens is 3. The van der Waals surface area contributed by atoms with Crippen LogP contribution in [0.1, 0.15) is 5.76 Å². The molecule has 3 rings (SSSR count). The molecule has 0 spiro atoms. The summed E-state index contributed by atoms with van der Waals surface area (Å²) in [6.07, 6.45) is 6.48. The van der Waals surface area contributed by atoms with E-state index in [2.05, 4.69) is 20.3 Å². The van der Waals surface area contributed by atoms with E-state index in [0.717, 1.165) is 22.5 Å². The van der Waals surface area contributed by atoms with E-state index in [1.165, 1.54) is 6.39 Å². The summed E-state index contributed by atoms with van der Waals surface area (Å²) >= 11 is 0. The summed E-state index contributed by atoms with van der Waals surface area (Å²) in [7, 11) is 0. The molecule has 1 aromatic carbocycles. The van der Waals surface area contributed by atoms with Gasteiger partial charge in [-0.15, -0.1) is 0 Å². The fraction of sp³-hybridized carbons (Fsp3) is 0.0833. The maximum Gasteiger partial charge on any atom is 0.180 e. The molecule has 2 aromatic heterocycles. The summed E-state index contributed by atoms with van der Waals surface area (Å²) in [5.74, 6) is 0.796. The fourth-order valence-electron chi connectivity index (χ4n) is 1.59. The van der Waals surface area contributed by atoms with Gasteiger partial charge >= 0.3 is 0 Å². The number of anilines is 1. The van der Waals surface area contributed by atoms with Gasteiger partial charge in [-0.05, 0) is 18.2 Å². The van der Waals surface area contributed by atoms with E-state index in [1.54, 1.807) is 18.6 Å². The molecule has 0 aliphatic rings. The Balaban J connectivity index is 1.81. The molecule has 1 N–H and O–H groups in total. The Labute approximate surface area is 97.5 Å². The summed E-state index contributed by atoms with van der Waals surface area (Å²) in [6.45, 7) is 0.603. The number of nitrogens with one attached hydrogen (secondary N) is 1. The lowest BCUT2D eigenvalue weighted by Gasteiger charge is -2.04. The lowest BCUT2D eigenvalue weighted by molar-refractivity contribution is 0.512. The first-order valence-electron chi connectivity index (χ1n) is 5.24. The van der Waals surface area contributed by atoms with Crippen molar-refractivity contribution in [2.24, 2.45) is 0 Å².